The van der Waals surface area contributed by atoms with Gasteiger partial charge in [0.05, 0.1) is 4.92 Å². The first-order valence-electron chi connectivity index (χ1n) is 6.55. The molecule has 0 aromatic heterocycles. The van der Waals surface area contributed by atoms with Crippen molar-refractivity contribution in [2.24, 2.45) is 0 Å². The fraction of sp³-hybridized carbons (Fsp3) is 0.538. The summed E-state index contributed by atoms with van der Waals surface area (Å²) in [5.41, 5.74) is -1.01. The lowest BCUT2D eigenvalue weighted by molar-refractivity contribution is -0.387. The van der Waals surface area contributed by atoms with Crippen LogP contribution < -0.4 is 4.72 Å². The molecule has 2 N–H and O–H groups in total. The fourth-order valence-corrected chi connectivity index (χ4v) is 3.96. The van der Waals surface area contributed by atoms with Gasteiger partial charge in [0.25, 0.3) is 5.69 Å². The third kappa shape index (κ3) is 3.99. The maximum atomic E-state index is 12.5. The minimum Gasteiger partial charge on any atom is -0.396 e. The van der Waals surface area contributed by atoms with Crippen molar-refractivity contribution < 1.29 is 18.4 Å². The third-order valence-electron chi connectivity index (χ3n) is 3.48. The van der Waals surface area contributed by atoms with Gasteiger partial charge in [-0.2, -0.15) is 0 Å². The van der Waals surface area contributed by atoms with Gasteiger partial charge in [-0.05, 0) is 32.3 Å². The lowest BCUT2D eigenvalue weighted by Gasteiger charge is -2.28. The second-order valence-corrected chi connectivity index (χ2v) is 6.79. The maximum absolute atomic E-state index is 12.5. The molecule has 1 aromatic rings. The minimum absolute atomic E-state index is 0.178. The Bertz CT molecular complexity index is 629. The van der Waals surface area contributed by atoms with Crippen molar-refractivity contribution in [3.05, 3.63) is 33.9 Å². The van der Waals surface area contributed by atoms with E-state index in [2.05, 4.69) is 4.72 Å². The number of hydrogen-bond donors (Lipinski definition) is 2. The van der Waals surface area contributed by atoms with E-state index in [-0.39, 0.29) is 17.9 Å². The van der Waals surface area contributed by atoms with Gasteiger partial charge in [0.1, 0.15) is 0 Å². The molecule has 0 radical (unpaired) electrons. The van der Waals surface area contributed by atoms with Gasteiger partial charge in [-0.1, -0.05) is 19.1 Å². The molecule has 1 atom stereocenters. The lowest BCUT2D eigenvalue weighted by Crippen LogP contribution is -2.46. The number of nitro groups is 1. The quantitative estimate of drug-likeness (QED) is 0.588. The fourth-order valence-electron chi connectivity index (χ4n) is 2.05. The standard InChI is InChI=1S/C13H20N2O5S/c1-4-13(3,8-9-16)14-21(19,20)12-10(2)6-5-7-11(12)15(17)18/h5-7,14,16H,4,8-9H2,1-3H3. The number of aryl methyl sites for hydroxylation is 1. The van der Waals surface area contributed by atoms with Crippen molar-refractivity contribution in [1.29, 1.82) is 0 Å². The maximum Gasteiger partial charge on any atom is 0.289 e. The highest BCUT2D eigenvalue weighted by Crippen LogP contribution is 2.28. The zero-order valence-electron chi connectivity index (χ0n) is 12.3. The molecule has 8 heteroatoms. The second kappa shape index (κ2) is 6.50. The molecule has 1 aromatic carbocycles. The van der Waals surface area contributed by atoms with Gasteiger partial charge in [0.15, 0.2) is 4.90 Å². The van der Waals surface area contributed by atoms with Crippen LogP contribution >= 0.6 is 0 Å². The van der Waals surface area contributed by atoms with Gasteiger partial charge < -0.3 is 5.11 Å². The molecule has 0 spiro atoms. The molecule has 0 aliphatic heterocycles. The van der Waals surface area contributed by atoms with Gasteiger partial charge in [-0.25, -0.2) is 13.1 Å². The SMILES string of the molecule is CCC(C)(CCO)NS(=O)(=O)c1c(C)cccc1[N+](=O)[O-]. The highest BCUT2D eigenvalue weighted by Gasteiger charge is 2.34. The Balaban J connectivity index is 3.35. The highest BCUT2D eigenvalue weighted by molar-refractivity contribution is 7.89. The summed E-state index contributed by atoms with van der Waals surface area (Å²) in [4.78, 5) is 10.0. The van der Waals surface area contributed by atoms with Crippen LogP contribution in [0.15, 0.2) is 23.1 Å². The second-order valence-electron chi connectivity index (χ2n) is 5.17. The number of aliphatic hydroxyl groups excluding tert-OH is 1. The average molecular weight is 316 g/mol. The van der Waals surface area contributed by atoms with E-state index in [1.807, 2.05) is 0 Å². The van der Waals surface area contributed by atoms with Crippen LogP contribution in [-0.2, 0) is 10.0 Å². The molecule has 0 saturated heterocycles. The van der Waals surface area contributed by atoms with Crippen molar-refractivity contribution in [1.82, 2.24) is 4.72 Å². The third-order valence-corrected chi connectivity index (χ3v) is 5.31. The van der Waals surface area contributed by atoms with Crippen molar-refractivity contribution in [2.45, 2.75) is 44.0 Å². The van der Waals surface area contributed by atoms with E-state index in [1.165, 1.54) is 19.1 Å². The smallest absolute Gasteiger partial charge is 0.289 e. The summed E-state index contributed by atoms with van der Waals surface area (Å²) in [7, 11) is -4.06. The van der Waals surface area contributed by atoms with E-state index in [1.54, 1.807) is 13.8 Å². The van der Waals surface area contributed by atoms with Crippen LogP contribution in [0, 0.1) is 17.0 Å². The molecular formula is C13H20N2O5S. The Morgan fingerprint density at radius 2 is 2.05 bits per heavy atom. The zero-order valence-corrected chi connectivity index (χ0v) is 13.1. The summed E-state index contributed by atoms with van der Waals surface area (Å²) in [5, 5.41) is 20.1. The zero-order chi connectivity index (χ0) is 16.3. The van der Waals surface area contributed by atoms with Crippen LogP contribution in [0.5, 0.6) is 0 Å². The molecular weight excluding hydrogens is 296 g/mol. The van der Waals surface area contributed by atoms with Gasteiger partial charge in [-0.15, -0.1) is 0 Å². The number of sulfonamides is 1. The Morgan fingerprint density at radius 1 is 1.43 bits per heavy atom. The van der Waals surface area contributed by atoms with Crippen LogP contribution in [-0.4, -0.2) is 30.6 Å². The largest absolute Gasteiger partial charge is 0.396 e. The summed E-state index contributed by atoms with van der Waals surface area (Å²) in [6, 6.07) is 4.12. The van der Waals surface area contributed by atoms with Crippen LogP contribution in [0.1, 0.15) is 32.3 Å². The van der Waals surface area contributed by atoms with Crippen LogP contribution in [0.25, 0.3) is 0 Å². The van der Waals surface area contributed by atoms with Gasteiger partial charge in [0, 0.05) is 18.2 Å². The van der Waals surface area contributed by atoms with E-state index in [4.69, 9.17) is 5.11 Å². The first-order valence-corrected chi connectivity index (χ1v) is 8.04. The summed E-state index contributed by atoms with van der Waals surface area (Å²) < 4.78 is 27.5. The van der Waals surface area contributed by atoms with Gasteiger partial charge >= 0.3 is 0 Å². The molecule has 0 amide bonds. The van der Waals surface area contributed by atoms with Crippen molar-refractivity contribution in [3.63, 3.8) is 0 Å². The Labute approximate surface area is 124 Å². The highest BCUT2D eigenvalue weighted by atomic mass is 32.2. The number of hydrogen-bond acceptors (Lipinski definition) is 5. The predicted octanol–water partition coefficient (Wildman–Crippen LogP) is 1.73. The summed E-state index contributed by atoms with van der Waals surface area (Å²) in [6.45, 7) is 4.77. The molecule has 0 aliphatic rings. The molecule has 0 bridgehead atoms. The summed E-state index contributed by atoms with van der Waals surface area (Å²) >= 11 is 0. The molecule has 118 valence electrons. The molecule has 21 heavy (non-hydrogen) atoms. The van der Waals surface area contributed by atoms with E-state index < -0.39 is 26.2 Å². The van der Waals surface area contributed by atoms with Crippen LogP contribution in [0.2, 0.25) is 0 Å². The normalized spacial score (nSPS) is 14.7. The summed E-state index contributed by atoms with van der Waals surface area (Å²) in [6.07, 6.45) is 0.675. The summed E-state index contributed by atoms with van der Waals surface area (Å²) in [5.74, 6) is 0. The predicted molar refractivity (Wildman–Crippen MR) is 78.6 cm³/mol. The van der Waals surface area contributed by atoms with Crippen molar-refractivity contribution >= 4 is 15.7 Å². The molecule has 1 unspecified atom stereocenters. The Morgan fingerprint density at radius 3 is 2.52 bits per heavy atom. The topological polar surface area (TPSA) is 110 Å². The monoisotopic (exact) mass is 316 g/mol. The van der Waals surface area contributed by atoms with Crippen LogP contribution in [0.3, 0.4) is 0 Å². The van der Waals surface area contributed by atoms with E-state index in [0.717, 1.165) is 6.07 Å². The van der Waals surface area contributed by atoms with Gasteiger partial charge in [0.2, 0.25) is 10.0 Å². The number of rotatable bonds is 7. The van der Waals surface area contributed by atoms with Crippen molar-refractivity contribution in [2.75, 3.05) is 6.61 Å². The number of nitrogens with one attached hydrogen (secondary N) is 1. The molecule has 7 nitrogen and oxygen atoms in total. The Hall–Kier alpha value is -1.51. The number of nitrogens with zero attached hydrogens (tertiary/aromatic N) is 1. The molecule has 0 aliphatic carbocycles. The Kier molecular flexibility index (Phi) is 5.43. The van der Waals surface area contributed by atoms with E-state index in [9.17, 15) is 18.5 Å². The molecule has 1 rings (SSSR count). The first kappa shape index (κ1) is 17.5. The van der Waals surface area contributed by atoms with E-state index in [0.29, 0.717) is 12.0 Å². The van der Waals surface area contributed by atoms with Crippen molar-refractivity contribution in [3.8, 4) is 0 Å². The number of aliphatic hydroxyl groups is 1. The minimum atomic E-state index is -4.06. The number of nitro benzene ring substituents is 1. The molecule has 0 heterocycles. The number of benzene rings is 1. The van der Waals surface area contributed by atoms with E-state index >= 15 is 0 Å². The lowest BCUT2D eigenvalue weighted by atomic mass is 9.97. The molecule has 0 saturated carbocycles. The van der Waals surface area contributed by atoms with Gasteiger partial charge in [-0.3, -0.25) is 10.1 Å². The van der Waals surface area contributed by atoms with Crippen LogP contribution in [0.4, 0.5) is 5.69 Å². The molecule has 0 fully saturated rings. The average Bonchev–Trinajstić information content (AvgIpc) is 2.37. The first-order chi connectivity index (χ1) is 9.67.